The number of amides is 1. The summed E-state index contributed by atoms with van der Waals surface area (Å²) in [5, 5.41) is 0.755. The van der Waals surface area contributed by atoms with Crippen LogP contribution in [0.2, 0.25) is 0 Å². The van der Waals surface area contributed by atoms with Crippen LogP contribution in [0.3, 0.4) is 0 Å². The van der Waals surface area contributed by atoms with Gasteiger partial charge in [0.25, 0.3) is 5.91 Å². The molecule has 2 aromatic carbocycles. The van der Waals surface area contributed by atoms with E-state index in [0.29, 0.717) is 17.9 Å². The zero-order valence-corrected chi connectivity index (χ0v) is 18.0. The highest BCUT2D eigenvalue weighted by atomic mass is 32.1. The molecule has 0 saturated heterocycles. The Morgan fingerprint density at radius 2 is 2.00 bits per heavy atom. The number of aryl methyl sites for hydroxylation is 2. The number of ether oxygens (including phenoxy) is 1. The summed E-state index contributed by atoms with van der Waals surface area (Å²) in [6.07, 6.45) is 0.909. The molecule has 0 spiro atoms. The standard InChI is InChI=1S/C22H27N3O2S/c1-15-12-16(2)20-19(13-15)23-22(28-20)25(11-7-10-24(3)4)21(26)17-8-6-9-18(14-17)27-5/h6,8-9,12-14H,7,10-11H2,1-5H3/p+1. The molecule has 148 valence electrons. The van der Waals surface area contributed by atoms with Gasteiger partial charge in [-0.2, -0.15) is 0 Å². The topological polar surface area (TPSA) is 46.9 Å². The van der Waals surface area contributed by atoms with Crippen LogP contribution in [0.25, 0.3) is 10.2 Å². The zero-order chi connectivity index (χ0) is 20.3. The summed E-state index contributed by atoms with van der Waals surface area (Å²) in [6.45, 7) is 5.80. The highest BCUT2D eigenvalue weighted by Crippen LogP contribution is 2.33. The van der Waals surface area contributed by atoms with Crippen LogP contribution >= 0.6 is 11.3 Å². The third kappa shape index (κ3) is 4.51. The van der Waals surface area contributed by atoms with Crippen LogP contribution in [0.4, 0.5) is 5.13 Å². The Morgan fingerprint density at radius 3 is 2.71 bits per heavy atom. The number of hydrogen-bond donors (Lipinski definition) is 1. The fraction of sp³-hybridized carbons (Fsp3) is 0.364. The van der Waals surface area contributed by atoms with Crippen molar-refractivity contribution in [1.29, 1.82) is 0 Å². The summed E-state index contributed by atoms with van der Waals surface area (Å²) in [5.41, 5.74) is 3.96. The number of nitrogens with zero attached hydrogens (tertiary/aromatic N) is 2. The van der Waals surface area contributed by atoms with Crippen molar-refractivity contribution in [2.24, 2.45) is 0 Å². The lowest BCUT2D eigenvalue weighted by Crippen LogP contribution is -3.05. The summed E-state index contributed by atoms with van der Waals surface area (Å²) in [5.74, 6) is 0.639. The fourth-order valence-electron chi connectivity index (χ4n) is 3.27. The van der Waals surface area contributed by atoms with Crippen molar-refractivity contribution >= 4 is 32.6 Å². The van der Waals surface area contributed by atoms with Gasteiger partial charge in [-0.1, -0.05) is 23.5 Å². The number of hydrogen-bond acceptors (Lipinski definition) is 4. The Hall–Kier alpha value is -2.44. The SMILES string of the molecule is COc1cccc(C(=O)N(CCC[NH+](C)C)c2nc3cc(C)cc(C)c3s2)c1. The van der Waals surface area contributed by atoms with E-state index in [0.717, 1.165) is 28.3 Å². The molecule has 1 amide bonds. The van der Waals surface area contributed by atoms with Crippen LogP contribution in [-0.4, -0.2) is 45.2 Å². The summed E-state index contributed by atoms with van der Waals surface area (Å²) in [7, 11) is 5.86. The summed E-state index contributed by atoms with van der Waals surface area (Å²) in [6, 6.07) is 11.6. The number of carbonyl (C=O) groups excluding carboxylic acids is 1. The van der Waals surface area contributed by atoms with E-state index in [-0.39, 0.29) is 5.91 Å². The monoisotopic (exact) mass is 398 g/mol. The molecule has 0 aliphatic heterocycles. The first kappa shape index (κ1) is 20.3. The number of carbonyl (C=O) groups is 1. The Labute approximate surface area is 170 Å². The molecular weight excluding hydrogens is 370 g/mol. The Balaban J connectivity index is 1.98. The van der Waals surface area contributed by atoms with Crippen molar-refractivity contribution in [2.75, 3.05) is 39.2 Å². The summed E-state index contributed by atoms with van der Waals surface area (Å²) < 4.78 is 6.43. The van der Waals surface area contributed by atoms with Gasteiger partial charge in [0.05, 0.1) is 38.0 Å². The van der Waals surface area contributed by atoms with Crippen molar-refractivity contribution in [3.63, 3.8) is 0 Å². The molecule has 1 N–H and O–H groups in total. The van der Waals surface area contributed by atoms with Gasteiger partial charge >= 0.3 is 0 Å². The van der Waals surface area contributed by atoms with Crippen molar-refractivity contribution in [1.82, 2.24) is 4.98 Å². The maximum absolute atomic E-state index is 13.3. The Bertz CT molecular complexity index is 981. The van der Waals surface area contributed by atoms with Gasteiger partial charge in [0.15, 0.2) is 5.13 Å². The van der Waals surface area contributed by atoms with E-state index in [1.54, 1.807) is 24.5 Å². The number of nitrogens with one attached hydrogen (secondary N) is 1. The first-order valence-electron chi connectivity index (χ1n) is 9.52. The van der Waals surface area contributed by atoms with Crippen LogP contribution in [0.15, 0.2) is 36.4 Å². The van der Waals surface area contributed by atoms with E-state index in [9.17, 15) is 4.79 Å². The van der Waals surface area contributed by atoms with E-state index in [4.69, 9.17) is 9.72 Å². The molecule has 0 saturated carbocycles. The minimum Gasteiger partial charge on any atom is -0.497 e. The van der Waals surface area contributed by atoms with Gasteiger partial charge in [-0.25, -0.2) is 4.98 Å². The molecule has 1 heterocycles. The molecule has 6 heteroatoms. The lowest BCUT2D eigenvalue weighted by Gasteiger charge is -2.20. The van der Waals surface area contributed by atoms with Crippen molar-refractivity contribution in [3.8, 4) is 5.75 Å². The van der Waals surface area contributed by atoms with Gasteiger partial charge in [0.1, 0.15) is 5.75 Å². The molecule has 5 nitrogen and oxygen atoms in total. The molecule has 1 aromatic heterocycles. The number of quaternary nitrogens is 1. The second-order valence-corrected chi connectivity index (χ2v) is 8.40. The van der Waals surface area contributed by atoms with Gasteiger partial charge in [0.2, 0.25) is 0 Å². The number of thiazole rings is 1. The Kier molecular flexibility index (Phi) is 6.31. The third-order valence-electron chi connectivity index (χ3n) is 4.66. The minimum atomic E-state index is -0.0407. The van der Waals surface area contributed by atoms with E-state index < -0.39 is 0 Å². The minimum absolute atomic E-state index is 0.0407. The first-order chi connectivity index (χ1) is 13.4. The lowest BCUT2D eigenvalue weighted by molar-refractivity contribution is -0.858. The third-order valence-corrected chi connectivity index (χ3v) is 5.89. The molecular formula is C22H28N3O2S+. The predicted molar refractivity (Wildman–Crippen MR) is 116 cm³/mol. The lowest BCUT2D eigenvalue weighted by atomic mass is 10.1. The number of methoxy groups -OCH3 is 1. The number of rotatable bonds is 7. The Morgan fingerprint density at radius 1 is 1.21 bits per heavy atom. The molecule has 0 atom stereocenters. The highest BCUT2D eigenvalue weighted by molar-refractivity contribution is 7.22. The van der Waals surface area contributed by atoms with Crippen molar-refractivity contribution in [3.05, 3.63) is 53.1 Å². The summed E-state index contributed by atoms with van der Waals surface area (Å²) in [4.78, 5) is 21.3. The molecule has 3 rings (SSSR count). The van der Waals surface area contributed by atoms with E-state index in [1.807, 2.05) is 23.1 Å². The van der Waals surface area contributed by atoms with E-state index >= 15 is 0 Å². The van der Waals surface area contributed by atoms with Gasteiger partial charge in [0, 0.05) is 18.5 Å². The normalized spacial score (nSPS) is 11.2. The van der Waals surface area contributed by atoms with Gasteiger partial charge in [-0.15, -0.1) is 0 Å². The second kappa shape index (κ2) is 8.71. The number of fused-ring (bicyclic) bond motifs is 1. The summed E-state index contributed by atoms with van der Waals surface area (Å²) >= 11 is 1.59. The molecule has 0 fully saturated rings. The fourth-order valence-corrected chi connectivity index (χ4v) is 4.31. The quantitative estimate of drug-likeness (QED) is 0.665. The largest absolute Gasteiger partial charge is 0.497 e. The molecule has 0 radical (unpaired) electrons. The molecule has 0 aliphatic carbocycles. The number of anilines is 1. The maximum atomic E-state index is 13.3. The van der Waals surface area contributed by atoms with Crippen LogP contribution < -0.4 is 14.5 Å². The highest BCUT2D eigenvalue weighted by Gasteiger charge is 2.22. The zero-order valence-electron chi connectivity index (χ0n) is 17.2. The molecule has 0 aliphatic rings. The van der Waals surface area contributed by atoms with E-state index in [1.165, 1.54) is 16.0 Å². The van der Waals surface area contributed by atoms with Crippen LogP contribution in [0.5, 0.6) is 5.75 Å². The number of benzene rings is 2. The van der Waals surface area contributed by atoms with Gasteiger partial charge in [-0.3, -0.25) is 9.69 Å². The maximum Gasteiger partial charge on any atom is 0.260 e. The van der Waals surface area contributed by atoms with Crippen molar-refractivity contribution < 1.29 is 14.4 Å². The number of aromatic nitrogens is 1. The van der Waals surface area contributed by atoms with Crippen LogP contribution in [-0.2, 0) is 0 Å². The first-order valence-corrected chi connectivity index (χ1v) is 10.3. The molecule has 3 aromatic rings. The molecule has 28 heavy (non-hydrogen) atoms. The van der Waals surface area contributed by atoms with Crippen LogP contribution in [0.1, 0.15) is 27.9 Å². The van der Waals surface area contributed by atoms with E-state index in [2.05, 4.69) is 40.1 Å². The molecule has 0 unspecified atom stereocenters. The molecule has 0 bridgehead atoms. The van der Waals surface area contributed by atoms with Crippen molar-refractivity contribution in [2.45, 2.75) is 20.3 Å². The average Bonchev–Trinajstić information content (AvgIpc) is 3.08. The van der Waals surface area contributed by atoms with Crippen LogP contribution in [0, 0.1) is 13.8 Å². The van der Waals surface area contributed by atoms with Gasteiger partial charge < -0.3 is 9.64 Å². The second-order valence-electron chi connectivity index (χ2n) is 7.43. The predicted octanol–water partition coefficient (Wildman–Crippen LogP) is 3.10. The average molecular weight is 399 g/mol. The van der Waals surface area contributed by atoms with Gasteiger partial charge in [-0.05, 0) is 49.2 Å². The smallest absolute Gasteiger partial charge is 0.260 e.